The Balaban J connectivity index is 1.36. The predicted molar refractivity (Wildman–Crippen MR) is 200 cm³/mol. The number of nitrogens with one attached hydrogen (secondary N) is 3. The number of hydrogen-bond donors (Lipinski definition) is 4. The second-order valence-electron chi connectivity index (χ2n) is 12.7. The summed E-state index contributed by atoms with van der Waals surface area (Å²) in [7, 11) is 0. The van der Waals surface area contributed by atoms with Crippen molar-refractivity contribution in [2.75, 3.05) is 31.9 Å². The number of thioether (sulfide) groups is 1. The number of carboxylic acid groups (broad SMARTS) is 1. The van der Waals surface area contributed by atoms with Gasteiger partial charge in [-0.15, -0.1) is 11.8 Å². The molecule has 0 saturated carbocycles. The maximum atomic E-state index is 14.2. The third kappa shape index (κ3) is 8.53. The van der Waals surface area contributed by atoms with Crippen LogP contribution in [-0.2, 0) is 47.9 Å². The molecule has 2 aromatic carbocycles. The Labute approximate surface area is 334 Å². The number of benzene rings is 2. The van der Waals surface area contributed by atoms with Crippen LogP contribution in [0.4, 0.5) is 0 Å². The zero-order valence-electron chi connectivity index (χ0n) is 31.2. The van der Waals surface area contributed by atoms with E-state index < -0.39 is 70.2 Å². The monoisotopic (exact) mass is 819 g/mol. The first-order valence-corrected chi connectivity index (χ1v) is 18.5. The van der Waals surface area contributed by atoms with Gasteiger partial charge in [-0.1, -0.05) is 36.4 Å². The molecule has 0 bridgehead atoms. The molecule has 20 nitrogen and oxygen atoms in total. The van der Waals surface area contributed by atoms with E-state index in [0.717, 1.165) is 39.7 Å². The van der Waals surface area contributed by atoms with E-state index in [1.165, 1.54) is 48.2 Å². The number of carboxylic acids is 1. The highest BCUT2D eigenvalue weighted by atomic mass is 32.2. The number of carbonyl (C=O) groups excluding carboxylic acids is 9. The van der Waals surface area contributed by atoms with Crippen molar-refractivity contribution in [1.82, 2.24) is 35.8 Å². The number of nitrogens with zero attached hydrogens (tertiary/aromatic N) is 4. The Kier molecular flexibility index (Phi) is 13.0. The number of hydrogen-bond acceptors (Lipinski definition) is 13. The van der Waals surface area contributed by atoms with E-state index in [2.05, 4.69) is 16.0 Å². The van der Waals surface area contributed by atoms with E-state index in [1.54, 1.807) is 25.1 Å². The van der Waals surface area contributed by atoms with Crippen molar-refractivity contribution in [3.8, 4) is 11.5 Å². The van der Waals surface area contributed by atoms with Gasteiger partial charge >= 0.3 is 29.7 Å². The second kappa shape index (κ2) is 17.8. The van der Waals surface area contributed by atoms with Crippen LogP contribution in [0.2, 0.25) is 0 Å². The average Bonchev–Trinajstić information content (AvgIpc) is 3.19. The molecule has 7 amide bonds. The van der Waals surface area contributed by atoms with Gasteiger partial charge in [-0.3, -0.25) is 48.1 Å². The highest BCUT2D eigenvalue weighted by Gasteiger charge is 2.66. The molecule has 0 radical (unpaired) electrons. The van der Waals surface area contributed by atoms with Crippen LogP contribution < -0.4 is 25.4 Å². The maximum absolute atomic E-state index is 14.2. The lowest BCUT2D eigenvalue weighted by Crippen LogP contribution is -2.85. The molecule has 304 valence electrons. The molecule has 0 aliphatic carbocycles. The number of piperazine rings is 1. The molecular formula is C37H37N7O13S. The second-order valence-corrected chi connectivity index (χ2v) is 13.8. The summed E-state index contributed by atoms with van der Waals surface area (Å²) in [4.78, 5) is 129. The van der Waals surface area contributed by atoms with Crippen molar-refractivity contribution in [1.29, 1.82) is 0 Å². The van der Waals surface area contributed by atoms with E-state index >= 15 is 0 Å². The van der Waals surface area contributed by atoms with Crippen LogP contribution in [0.1, 0.15) is 37.9 Å². The first kappa shape index (κ1) is 42.1. The SMILES string of the molecule is CCN1CCN(N(C=O)[C@@H](C(=O)N[C@]2(NC=O)C(=O)N3C(C(=O)O)=C(CNC(=O)/C=C/c4ccc(OC(C)=O)c(OC(C)=O)c4)CS[C@@H]32)c2ccccc2)C(=O)C1=O. The number of rotatable bonds is 16. The lowest BCUT2D eigenvalue weighted by Gasteiger charge is -2.56. The first-order valence-electron chi connectivity index (χ1n) is 17.5. The molecule has 4 N–H and O–H groups in total. The van der Waals surface area contributed by atoms with Crippen molar-refractivity contribution in [2.45, 2.75) is 37.8 Å². The van der Waals surface area contributed by atoms with E-state index in [0.29, 0.717) is 5.56 Å². The highest BCUT2D eigenvalue weighted by Crippen LogP contribution is 2.45. The number of esters is 2. The molecule has 2 fully saturated rings. The Morgan fingerprint density at radius 2 is 1.67 bits per heavy atom. The van der Waals surface area contributed by atoms with E-state index in [1.807, 2.05) is 0 Å². The van der Waals surface area contributed by atoms with Crippen LogP contribution in [0, 0.1) is 0 Å². The molecule has 0 spiro atoms. The van der Waals surface area contributed by atoms with Gasteiger partial charge in [0.2, 0.25) is 24.4 Å². The molecule has 3 atom stereocenters. The van der Waals surface area contributed by atoms with Gasteiger partial charge in [0, 0.05) is 45.3 Å². The lowest BCUT2D eigenvalue weighted by molar-refractivity contribution is -0.178. The number of carbonyl (C=O) groups is 10. The van der Waals surface area contributed by atoms with Crippen LogP contribution in [0.3, 0.4) is 0 Å². The number of amides is 7. The zero-order chi connectivity index (χ0) is 42.3. The summed E-state index contributed by atoms with van der Waals surface area (Å²) in [6, 6.07) is 10.2. The molecule has 5 rings (SSSR count). The first-order chi connectivity index (χ1) is 27.7. The van der Waals surface area contributed by atoms with Gasteiger partial charge in [-0.2, -0.15) is 0 Å². The average molecular weight is 820 g/mol. The summed E-state index contributed by atoms with van der Waals surface area (Å²) in [6.07, 6.45) is 2.80. The summed E-state index contributed by atoms with van der Waals surface area (Å²) in [5, 5.41) is 17.9. The van der Waals surface area contributed by atoms with Gasteiger partial charge in [0.25, 0.3) is 11.8 Å². The van der Waals surface area contributed by atoms with E-state index in [-0.39, 0.29) is 67.4 Å². The fourth-order valence-corrected chi connectivity index (χ4v) is 7.85. The number of β-lactam (4-membered cyclic amide) rings is 1. The molecule has 58 heavy (non-hydrogen) atoms. The van der Waals surface area contributed by atoms with Gasteiger partial charge in [0.15, 0.2) is 17.5 Å². The summed E-state index contributed by atoms with van der Waals surface area (Å²) < 4.78 is 10.1. The van der Waals surface area contributed by atoms with Gasteiger partial charge in [0.1, 0.15) is 11.1 Å². The standard InChI is InChI=1S/C37H37N7O13S/c1-4-41-14-15-42(33(52)32(41)51)43(20-46)29(24-8-6-5-7-9-24)31(50)40-37(39-19-45)35(55)44-30(34(53)54)25(18-58-36(37)44)17-38-28(49)13-11-23-10-12-26(56-21(2)47)27(16-23)57-22(3)48/h5-13,16,19-20,29,36H,4,14-15,17-18H2,1-3H3,(H,38,49)(H,39,45)(H,40,50)(H,53,54)/b13-11+/t29-,36-,37-/m1/s1. The van der Waals surface area contributed by atoms with Crippen LogP contribution in [-0.4, -0.2) is 128 Å². The molecule has 3 aliphatic rings. The lowest BCUT2D eigenvalue weighted by atomic mass is 9.93. The maximum Gasteiger partial charge on any atom is 0.352 e. The molecule has 2 saturated heterocycles. The van der Waals surface area contributed by atoms with Gasteiger partial charge in [0.05, 0.1) is 6.54 Å². The quantitative estimate of drug-likeness (QED) is 0.0310. The Morgan fingerprint density at radius 1 is 0.983 bits per heavy atom. The van der Waals surface area contributed by atoms with Crippen LogP contribution in [0.15, 0.2) is 65.9 Å². The molecule has 3 heterocycles. The zero-order valence-corrected chi connectivity index (χ0v) is 32.0. The molecule has 0 aromatic heterocycles. The van der Waals surface area contributed by atoms with Crippen molar-refractivity contribution >= 4 is 78.1 Å². The number of likely N-dealkylation sites (N-methyl/N-ethyl adjacent to an activating group) is 1. The number of aliphatic carboxylic acids is 1. The fourth-order valence-electron chi connectivity index (χ4n) is 6.42. The summed E-state index contributed by atoms with van der Waals surface area (Å²) in [5.74, 6) is -7.81. The molecule has 21 heteroatoms. The van der Waals surface area contributed by atoms with Gasteiger partial charge < -0.3 is 35.4 Å². The Morgan fingerprint density at radius 3 is 2.29 bits per heavy atom. The molecular weight excluding hydrogens is 783 g/mol. The molecule has 3 aliphatic heterocycles. The minimum Gasteiger partial charge on any atom is -0.477 e. The predicted octanol–water partition coefficient (Wildman–Crippen LogP) is -0.716. The van der Waals surface area contributed by atoms with Crippen molar-refractivity contribution in [3.63, 3.8) is 0 Å². The molecule has 0 unspecified atom stereocenters. The number of hydrazine groups is 1. The largest absolute Gasteiger partial charge is 0.477 e. The van der Waals surface area contributed by atoms with Crippen molar-refractivity contribution < 1.29 is 62.5 Å². The summed E-state index contributed by atoms with van der Waals surface area (Å²) in [5.41, 5.74) is -2.06. The normalized spacial score (nSPS) is 19.4. The van der Waals surface area contributed by atoms with E-state index in [9.17, 15) is 53.1 Å². The van der Waals surface area contributed by atoms with Gasteiger partial charge in [-0.05, 0) is 41.8 Å². The Bertz CT molecular complexity index is 2130. The summed E-state index contributed by atoms with van der Waals surface area (Å²) >= 11 is 0.965. The van der Waals surface area contributed by atoms with E-state index in [4.69, 9.17) is 9.47 Å². The van der Waals surface area contributed by atoms with Gasteiger partial charge in [-0.25, -0.2) is 14.8 Å². The third-order valence-corrected chi connectivity index (χ3v) is 10.4. The minimum atomic E-state index is -2.22. The highest BCUT2D eigenvalue weighted by molar-refractivity contribution is 8.00. The minimum absolute atomic E-state index is 0.0211. The summed E-state index contributed by atoms with van der Waals surface area (Å²) in [6.45, 7) is 3.81. The third-order valence-electron chi connectivity index (χ3n) is 9.02. The smallest absolute Gasteiger partial charge is 0.352 e. The number of ether oxygens (including phenoxy) is 2. The Hall–Kier alpha value is -7.03. The van der Waals surface area contributed by atoms with Crippen molar-refractivity contribution in [3.05, 3.63) is 77.0 Å². The molecule has 2 aromatic rings. The van der Waals surface area contributed by atoms with Crippen LogP contribution in [0.5, 0.6) is 11.5 Å². The van der Waals surface area contributed by atoms with Crippen LogP contribution >= 0.6 is 11.8 Å². The topological polar surface area (TPSA) is 258 Å². The fraction of sp³-hybridized carbons (Fsp3) is 0.297. The van der Waals surface area contributed by atoms with Crippen LogP contribution in [0.25, 0.3) is 6.08 Å². The van der Waals surface area contributed by atoms with Crippen molar-refractivity contribution in [2.24, 2.45) is 0 Å². The number of fused-ring (bicyclic) bond motifs is 1.